The first-order chi connectivity index (χ1) is 12.1. The van der Waals surface area contributed by atoms with Gasteiger partial charge < -0.3 is 15.2 Å². The molecule has 3 rings (SSSR count). The predicted octanol–water partition coefficient (Wildman–Crippen LogP) is 3.58. The largest absolute Gasteiger partial charge is 0.493 e. The molecule has 7 heteroatoms. The second-order valence-electron chi connectivity index (χ2n) is 5.37. The monoisotopic (exact) mass is 358 g/mol. The molecular weight excluding hydrogens is 340 g/mol. The summed E-state index contributed by atoms with van der Waals surface area (Å²) in [4.78, 5) is 4.50. The van der Waals surface area contributed by atoms with Gasteiger partial charge in [-0.1, -0.05) is 17.7 Å². The van der Waals surface area contributed by atoms with Crippen molar-refractivity contribution in [2.24, 2.45) is 5.73 Å². The molecular formula is C18H19ClN4O2. The van der Waals surface area contributed by atoms with Gasteiger partial charge in [-0.3, -0.25) is 5.10 Å². The van der Waals surface area contributed by atoms with E-state index in [0.29, 0.717) is 34.8 Å². The first kappa shape index (κ1) is 17.3. The highest BCUT2D eigenvalue weighted by atomic mass is 35.5. The van der Waals surface area contributed by atoms with E-state index in [-0.39, 0.29) is 0 Å². The average Bonchev–Trinajstić information content (AvgIpc) is 3.12. The van der Waals surface area contributed by atoms with Crippen LogP contribution in [0.25, 0.3) is 11.4 Å². The normalized spacial score (nSPS) is 12.0. The fourth-order valence-corrected chi connectivity index (χ4v) is 2.58. The van der Waals surface area contributed by atoms with Crippen molar-refractivity contribution in [3.8, 4) is 22.9 Å². The third-order valence-electron chi connectivity index (χ3n) is 3.75. The summed E-state index contributed by atoms with van der Waals surface area (Å²) in [6.07, 6.45) is 0. The molecule has 1 atom stereocenters. The van der Waals surface area contributed by atoms with E-state index in [1.54, 1.807) is 19.2 Å². The number of nitrogens with zero attached hydrogens (tertiary/aromatic N) is 2. The van der Waals surface area contributed by atoms with Crippen LogP contribution in [0, 0.1) is 0 Å². The van der Waals surface area contributed by atoms with Crippen molar-refractivity contribution in [3.63, 3.8) is 0 Å². The lowest BCUT2D eigenvalue weighted by atomic mass is 10.1. The molecule has 2 aromatic carbocycles. The Hall–Kier alpha value is -2.57. The number of nitrogens with one attached hydrogen (secondary N) is 1. The summed E-state index contributed by atoms with van der Waals surface area (Å²) < 4.78 is 10.9. The maximum atomic E-state index is 6.34. The number of ether oxygens (including phenoxy) is 2. The van der Waals surface area contributed by atoms with Crippen LogP contribution in [-0.2, 0) is 0 Å². The molecule has 0 spiro atoms. The van der Waals surface area contributed by atoms with Gasteiger partial charge in [0.25, 0.3) is 0 Å². The summed E-state index contributed by atoms with van der Waals surface area (Å²) in [5.74, 6) is 2.45. The quantitative estimate of drug-likeness (QED) is 0.703. The Morgan fingerprint density at radius 2 is 1.92 bits per heavy atom. The summed E-state index contributed by atoms with van der Waals surface area (Å²) >= 11 is 5.91. The molecule has 0 aliphatic rings. The van der Waals surface area contributed by atoms with E-state index in [4.69, 9.17) is 26.8 Å². The minimum Gasteiger partial charge on any atom is -0.493 e. The van der Waals surface area contributed by atoms with Crippen LogP contribution in [-0.4, -0.2) is 28.9 Å². The maximum absolute atomic E-state index is 6.34. The number of H-pyrrole nitrogens is 1. The van der Waals surface area contributed by atoms with Gasteiger partial charge in [0, 0.05) is 10.6 Å². The van der Waals surface area contributed by atoms with E-state index < -0.39 is 6.04 Å². The van der Waals surface area contributed by atoms with Crippen molar-refractivity contribution in [1.29, 1.82) is 0 Å². The van der Waals surface area contributed by atoms with Crippen molar-refractivity contribution >= 4 is 11.6 Å². The van der Waals surface area contributed by atoms with Crippen molar-refractivity contribution in [2.45, 2.75) is 13.0 Å². The molecule has 0 saturated carbocycles. The smallest absolute Gasteiger partial charge is 0.181 e. The van der Waals surface area contributed by atoms with Crippen LogP contribution < -0.4 is 15.2 Å². The molecule has 0 aliphatic heterocycles. The molecule has 25 heavy (non-hydrogen) atoms. The Morgan fingerprint density at radius 3 is 2.60 bits per heavy atom. The zero-order valence-corrected chi connectivity index (χ0v) is 14.7. The Balaban J connectivity index is 1.87. The predicted molar refractivity (Wildman–Crippen MR) is 97.0 cm³/mol. The number of methoxy groups -OCH3 is 1. The van der Waals surface area contributed by atoms with E-state index in [1.807, 2.05) is 37.3 Å². The van der Waals surface area contributed by atoms with Crippen LogP contribution in [0.15, 0.2) is 42.5 Å². The Morgan fingerprint density at radius 1 is 1.16 bits per heavy atom. The number of nitrogens with two attached hydrogens (primary N) is 1. The molecule has 0 fully saturated rings. The topological polar surface area (TPSA) is 86.0 Å². The third kappa shape index (κ3) is 3.75. The van der Waals surface area contributed by atoms with E-state index in [1.165, 1.54) is 0 Å². The highest BCUT2D eigenvalue weighted by Gasteiger charge is 2.17. The first-order valence-electron chi connectivity index (χ1n) is 7.87. The zero-order chi connectivity index (χ0) is 17.8. The molecule has 1 aromatic heterocycles. The second kappa shape index (κ2) is 7.55. The van der Waals surface area contributed by atoms with E-state index in [2.05, 4.69) is 15.2 Å². The number of halogens is 1. The van der Waals surface area contributed by atoms with E-state index in [0.717, 1.165) is 11.1 Å². The molecule has 0 aliphatic carbocycles. The number of hydrogen-bond donors (Lipinski definition) is 2. The highest BCUT2D eigenvalue weighted by molar-refractivity contribution is 6.30. The van der Waals surface area contributed by atoms with Crippen molar-refractivity contribution in [3.05, 3.63) is 58.9 Å². The highest BCUT2D eigenvalue weighted by Crippen LogP contribution is 2.31. The van der Waals surface area contributed by atoms with Crippen molar-refractivity contribution in [1.82, 2.24) is 15.2 Å². The minimum atomic E-state index is -0.460. The summed E-state index contributed by atoms with van der Waals surface area (Å²) in [5.41, 5.74) is 8.05. The van der Waals surface area contributed by atoms with Gasteiger partial charge >= 0.3 is 0 Å². The van der Waals surface area contributed by atoms with Gasteiger partial charge in [0.15, 0.2) is 17.3 Å². The molecule has 0 saturated heterocycles. The molecule has 0 radical (unpaired) electrons. The third-order valence-corrected chi connectivity index (χ3v) is 4.00. The summed E-state index contributed by atoms with van der Waals surface area (Å²) in [7, 11) is 1.60. The number of rotatable bonds is 6. The van der Waals surface area contributed by atoms with Gasteiger partial charge in [-0.15, -0.1) is 0 Å². The molecule has 0 amide bonds. The SMILES string of the molecule is CCOc1cc(C(N)c2nc(-c3ccc(Cl)cc3)n[nH]2)ccc1OC. The van der Waals surface area contributed by atoms with E-state index in [9.17, 15) is 0 Å². The fourth-order valence-electron chi connectivity index (χ4n) is 2.45. The zero-order valence-electron chi connectivity index (χ0n) is 14.0. The number of aromatic amines is 1. The lowest BCUT2D eigenvalue weighted by Gasteiger charge is -2.14. The molecule has 6 nitrogen and oxygen atoms in total. The van der Waals surface area contributed by atoms with Gasteiger partial charge in [0.2, 0.25) is 0 Å². The first-order valence-corrected chi connectivity index (χ1v) is 8.24. The molecule has 1 heterocycles. The second-order valence-corrected chi connectivity index (χ2v) is 5.81. The molecule has 0 bridgehead atoms. The summed E-state index contributed by atoms with van der Waals surface area (Å²) in [5, 5.41) is 7.81. The Labute approximate surface area is 150 Å². The summed E-state index contributed by atoms with van der Waals surface area (Å²) in [6.45, 7) is 2.46. The minimum absolute atomic E-state index is 0.460. The van der Waals surface area contributed by atoms with Crippen LogP contribution in [0.1, 0.15) is 24.4 Å². The van der Waals surface area contributed by atoms with Gasteiger partial charge in [0.1, 0.15) is 5.82 Å². The van der Waals surface area contributed by atoms with Crippen LogP contribution in [0.5, 0.6) is 11.5 Å². The van der Waals surface area contributed by atoms with Gasteiger partial charge in [-0.25, -0.2) is 4.98 Å². The number of aromatic nitrogens is 3. The van der Waals surface area contributed by atoms with E-state index >= 15 is 0 Å². The summed E-state index contributed by atoms with van der Waals surface area (Å²) in [6, 6.07) is 12.4. The molecule has 1 unspecified atom stereocenters. The van der Waals surface area contributed by atoms with Crippen LogP contribution in [0.3, 0.4) is 0 Å². The number of hydrogen-bond acceptors (Lipinski definition) is 5. The number of benzene rings is 2. The van der Waals surface area contributed by atoms with Crippen molar-refractivity contribution in [2.75, 3.05) is 13.7 Å². The standard InChI is InChI=1S/C18H19ClN4O2/c1-3-25-15-10-12(6-9-14(15)24-2)16(20)18-21-17(22-23-18)11-4-7-13(19)8-5-11/h4-10,16H,3,20H2,1-2H3,(H,21,22,23). The van der Waals surface area contributed by atoms with Crippen LogP contribution in [0.4, 0.5) is 0 Å². The fraction of sp³-hybridized carbons (Fsp3) is 0.222. The van der Waals surface area contributed by atoms with Crippen LogP contribution in [0.2, 0.25) is 5.02 Å². The van der Waals surface area contributed by atoms with Gasteiger partial charge in [0.05, 0.1) is 19.8 Å². The van der Waals surface area contributed by atoms with Gasteiger partial charge in [-0.2, -0.15) is 5.10 Å². The lowest BCUT2D eigenvalue weighted by Crippen LogP contribution is -2.14. The Kier molecular flexibility index (Phi) is 5.21. The molecule has 130 valence electrons. The molecule has 3 aromatic rings. The van der Waals surface area contributed by atoms with Crippen LogP contribution >= 0.6 is 11.6 Å². The van der Waals surface area contributed by atoms with Gasteiger partial charge in [-0.05, 0) is 48.9 Å². The molecule has 3 N–H and O–H groups in total. The average molecular weight is 359 g/mol. The maximum Gasteiger partial charge on any atom is 0.181 e. The Bertz CT molecular complexity index is 849. The lowest BCUT2D eigenvalue weighted by molar-refractivity contribution is 0.310. The van der Waals surface area contributed by atoms with Crippen molar-refractivity contribution < 1.29 is 9.47 Å².